The SMILES string of the molecule is CCC(NC(=O)c1cc(Br)cnc1Cl)c1ncc[nH]1. The molecule has 2 N–H and O–H groups in total. The smallest absolute Gasteiger partial charge is 0.255 e. The Morgan fingerprint density at radius 3 is 3.00 bits per heavy atom. The number of carbonyl (C=O) groups excluding carboxylic acids is 1. The molecule has 0 bridgehead atoms. The molecule has 0 saturated carbocycles. The second-order valence-corrected chi connectivity index (χ2v) is 5.17. The van der Waals surface area contributed by atoms with E-state index in [1.165, 1.54) is 0 Å². The first kappa shape index (κ1) is 14.0. The summed E-state index contributed by atoms with van der Waals surface area (Å²) in [5.74, 6) is 0.442. The van der Waals surface area contributed by atoms with Crippen LogP contribution in [-0.4, -0.2) is 20.9 Å². The first-order valence-corrected chi connectivity index (χ1v) is 6.90. The van der Waals surface area contributed by atoms with Crippen LogP contribution in [0, 0.1) is 0 Å². The van der Waals surface area contributed by atoms with E-state index in [1.54, 1.807) is 24.7 Å². The van der Waals surface area contributed by atoms with Crippen LogP contribution in [0.1, 0.15) is 35.6 Å². The summed E-state index contributed by atoms with van der Waals surface area (Å²) < 4.78 is 0.702. The van der Waals surface area contributed by atoms with Crippen molar-refractivity contribution in [1.82, 2.24) is 20.3 Å². The molecule has 19 heavy (non-hydrogen) atoms. The Bertz CT molecular complexity index is 573. The van der Waals surface area contributed by atoms with E-state index in [9.17, 15) is 4.79 Å². The molecule has 0 aliphatic rings. The van der Waals surface area contributed by atoms with Gasteiger partial charge in [0.1, 0.15) is 11.0 Å². The highest BCUT2D eigenvalue weighted by atomic mass is 79.9. The summed E-state index contributed by atoms with van der Waals surface area (Å²) in [7, 11) is 0. The molecule has 0 fully saturated rings. The number of hydrogen-bond acceptors (Lipinski definition) is 3. The Morgan fingerprint density at radius 1 is 1.58 bits per heavy atom. The number of imidazole rings is 1. The number of aromatic amines is 1. The first-order valence-electron chi connectivity index (χ1n) is 5.73. The van der Waals surface area contributed by atoms with E-state index in [2.05, 4.69) is 36.2 Å². The van der Waals surface area contributed by atoms with Crippen molar-refractivity contribution >= 4 is 33.4 Å². The quantitative estimate of drug-likeness (QED) is 0.838. The van der Waals surface area contributed by atoms with E-state index in [4.69, 9.17) is 11.6 Å². The monoisotopic (exact) mass is 342 g/mol. The van der Waals surface area contributed by atoms with Crippen molar-refractivity contribution < 1.29 is 4.79 Å². The van der Waals surface area contributed by atoms with Gasteiger partial charge in [-0.3, -0.25) is 4.79 Å². The van der Waals surface area contributed by atoms with Gasteiger partial charge in [-0.1, -0.05) is 18.5 Å². The fraction of sp³-hybridized carbons (Fsp3) is 0.250. The molecule has 2 heterocycles. The molecule has 5 nitrogen and oxygen atoms in total. The second kappa shape index (κ2) is 6.16. The van der Waals surface area contributed by atoms with Crippen molar-refractivity contribution in [3.63, 3.8) is 0 Å². The van der Waals surface area contributed by atoms with Crippen LogP contribution in [0.4, 0.5) is 0 Å². The lowest BCUT2D eigenvalue weighted by Crippen LogP contribution is -2.29. The summed E-state index contributed by atoms with van der Waals surface area (Å²) >= 11 is 9.19. The number of amides is 1. The maximum atomic E-state index is 12.2. The molecule has 2 aromatic heterocycles. The van der Waals surface area contributed by atoms with Gasteiger partial charge in [0, 0.05) is 23.1 Å². The Labute approximate surface area is 123 Å². The van der Waals surface area contributed by atoms with Gasteiger partial charge in [-0.2, -0.15) is 0 Å². The molecular formula is C12H12BrClN4O. The number of nitrogens with zero attached hydrogens (tertiary/aromatic N) is 2. The average molecular weight is 344 g/mol. The van der Waals surface area contributed by atoms with Crippen molar-refractivity contribution in [3.8, 4) is 0 Å². The normalized spacial score (nSPS) is 12.2. The first-order chi connectivity index (χ1) is 9.11. The Hall–Kier alpha value is -1.40. The molecule has 0 aliphatic heterocycles. The summed E-state index contributed by atoms with van der Waals surface area (Å²) in [6, 6.07) is 1.46. The highest BCUT2D eigenvalue weighted by Crippen LogP contribution is 2.19. The lowest BCUT2D eigenvalue weighted by Gasteiger charge is -2.15. The van der Waals surface area contributed by atoms with Crippen LogP contribution in [0.25, 0.3) is 0 Å². The number of carbonyl (C=O) groups is 1. The van der Waals surface area contributed by atoms with E-state index in [0.29, 0.717) is 10.0 Å². The van der Waals surface area contributed by atoms with E-state index in [-0.39, 0.29) is 17.1 Å². The highest BCUT2D eigenvalue weighted by molar-refractivity contribution is 9.10. The molecule has 0 aromatic carbocycles. The molecule has 2 aromatic rings. The molecule has 1 atom stereocenters. The lowest BCUT2D eigenvalue weighted by molar-refractivity contribution is 0.0933. The largest absolute Gasteiger partial charge is 0.347 e. The zero-order chi connectivity index (χ0) is 13.8. The molecule has 0 radical (unpaired) electrons. The third-order valence-corrected chi connectivity index (χ3v) is 3.35. The predicted octanol–water partition coefficient (Wildman–Crippen LogP) is 3.10. The zero-order valence-electron chi connectivity index (χ0n) is 10.2. The van der Waals surface area contributed by atoms with Crippen LogP contribution in [0.2, 0.25) is 5.15 Å². The average Bonchev–Trinajstić information content (AvgIpc) is 2.92. The van der Waals surface area contributed by atoms with Crippen molar-refractivity contribution in [1.29, 1.82) is 0 Å². The number of H-pyrrole nitrogens is 1. The number of pyridine rings is 1. The Morgan fingerprint density at radius 2 is 2.37 bits per heavy atom. The van der Waals surface area contributed by atoms with Gasteiger partial charge < -0.3 is 10.3 Å². The number of hydrogen-bond donors (Lipinski definition) is 2. The van der Waals surface area contributed by atoms with Crippen LogP contribution >= 0.6 is 27.5 Å². The minimum absolute atomic E-state index is 0.176. The van der Waals surface area contributed by atoms with Crippen LogP contribution < -0.4 is 5.32 Å². The van der Waals surface area contributed by atoms with Crippen molar-refractivity contribution in [2.75, 3.05) is 0 Å². The molecule has 7 heteroatoms. The number of halogens is 2. The fourth-order valence-corrected chi connectivity index (χ4v) is 2.17. The summed E-state index contributed by atoms with van der Waals surface area (Å²) in [5, 5.41) is 3.05. The van der Waals surface area contributed by atoms with Gasteiger partial charge in [-0.25, -0.2) is 9.97 Å². The molecule has 0 aliphatic carbocycles. The van der Waals surface area contributed by atoms with Crippen LogP contribution in [0.3, 0.4) is 0 Å². The van der Waals surface area contributed by atoms with E-state index in [0.717, 1.165) is 12.2 Å². The maximum Gasteiger partial charge on any atom is 0.255 e. The van der Waals surface area contributed by atoms with Gasteiger partial charge in [0.05, 0.1) is 11.6 Å². The molecule has 2 rings (SSSR count). The molecule has 0 spiro atoms. The molecular weight excluding hydrogens is 332 g/mol. The third-order valence-electron chi connectivity index (χ3n) is 2.61. The van der Waals surface area contributed by atoms with Crippen molar-refractivity contribution in [2.45, 2.75) is 19.4 Å². The van der Waals surface area contributed by atoms with E-state index < -0.39 is 0 Å². The van der Waals surface area contributed by atoms with Crippen molar-refractivity contribution in [2.24, 2.45) is 0 Å². The molecule has 1 unspecified atom stereocenters. The Balaban J connectivity index is 2.18. The third kappa shape index (κ3) is 3.33. The maximum absolute atomic E-state index is 12.2. The Kier molecular flexibility index (Phi) is 4.55. The van der Waals surface area contributed by atoms with Gasteiger partial charge in [0.2, 0.25) is 0 Å². The number of aromatic nitrogens is 3. The van der Waals surface area contributed by atoms with Crippen molar-refractivity contribution in [3.05, 3.63) is 45.7 Å². The van der Waals surface area contributed by atoms with Gasteiger partial charge in [0.15, 0.2) is 0 Å². The summed E-state index contributed by atoms with van der Waals surface area (Å²) in [6.45, 7) is 1.97. The summed E-state index contributed by atoms with van der Waals surface area (Å²) in [6.07, 6.45) is 5.64. The zero-order valence-corrected chi connectivity index (χ0v) is 12.5. The lowest BCUT2D eigenvalue weighted by atomic mass is 10.2. The minimum atomic E-state index is -0.276. The van der Waals surface area contributed by atoms with Gasteiger partial charge in [0.25, 0.3) is 5.91 Å². The van der Waals surface area contributed by atoms with Gasteiger partial charge in [-0.15, -0.1) is 0 Å². The number of nitrogens with one attached hydrogen (secondary N) is 2. The molecule has 0 saturated heterocycles. The van der Waals surface area contributed by atoms with E-state index >= 15 is 0 Å². The van der Waals surface area contributed by atoms with Crippen LogP contribution in [0.5, 0.6) is 0 Å². The minimum Gasteiger partial charge on any atom is -0.347 e. The fourth-order valence-electron chi connectivity index (χ4n) is 1.65. The summed E-state index contributed by atoms with van der Waals surface area (Å²) in [5.41, 5.74) is 0.334. The molecule has 1 amide bonds. The van der Waals surface area contributed by atoms with Gasteiger partial charge in [-0.05, 0) is 28.4 Å². The second-order valence-electron chi connectivity index (χ2n) is 3.90. The standard InChI is InChI=1S/C12H12BrClN4O/c1-2-9(11-15-3-4-16-11)18-12(19)8-5-7(13)6-17-10(8)14/h3-6,9H,2H2,1H3,(H,15,16)(H,18,19). The number of rotatable bonds is 4. The highest BCUT2D eigenvalue weighted by Gasteiger charge is 2.18. The van der Waals surface area contributed by atoms with Gasteiger partial charge >= 0.3 is 0 Å². The van der Waals surface area contributed by atoms with E-state index in [1.807, 2.05) is 6.92 Å². The van der Waals surface area contributed by atoms with Crippen LogP contribution in [0.15, 0.2) is 29.1 Å². The molecule has 100 valence electrons. The summed E-state index contributed by atoms with van der Waals surface area (Å²) in [4.78, 5) is 23.2. The predicted molar refractivity (Wildman–Crippen MR) is 76.0 cm³/mol. The topological polar surface area (TPSA) is 70.7 Å². The van der Waals surface area contributed by atoms with Crippen LogP contribution in [-0.2, 0) is 0 Å².